The maximum Gasteiger partial charge on any atom is 0.269 e. The lowest BCUT2D eigenvalue weighted by molar-refractivity contribution is 0.0744. The van der Waals surface area contributed by atoms with Crippen LogP contribution in [-0.2, 0) is 25.9 Å². The minimum Gasteiger partial charge on any atom is -0.445 e. The van der Waals surface area contributed by atoms with Gasteiger partial charge in [0.2, 0.25) is 11.8 Å². The van der Waals surface area contributed by atoms with Crippen LogP contribution in [0.2, 0.25) is 0 Å². The minimum absolute atomic E-state index is 0.0295. The predicted molar refractivity (Wildman–Crippen MR) is 135 cm³/mol. The van der Waals surface area contributed by atoms with Gasteiger partial charge in [-0.3, -0.25) is 0 Å². The number of nitriles is 1. The zero-order valence-electron chi connectivity index (χ0n) is 20.7. The van der Waals surface area contributed by atoms with Gasteiger partial charge >= 0.3 is 0 Å². The minimum atomic E-state index is -4.19. The number of nitrogens with zero attached hydrogens (tertiary/aromatic N) is 4. The van der Waals surface area contributed by atoms with Crippen molar-refractivity contribution in [3.05, 3.63) is 71.7 Å². The molecule has 2 aromatic carbocycles. The molecule has 0 radical (unpaired) electrons. The summed E-state index contributed by atoms with van der Waals surface area (Å²) >= 11 is 0. The van der Waals surface area contributed by atoms with Crippen molar-refractivity contribution >= 4 is 15.9 Å². The number of hydrogen-bond donors (Lipinski definition) is 0. The average Bonchev–Trinajstić information content (AvgIpc) is 3.55. The molecule has 0 aliphatic heterocycles. The van der Waals surface area contributed by atoms with Gasteiger partial charge in [-0.25, -0.2) is 17.7 Å². The van der Waals surface area contributed by atoms with Gasteiger partial charge in [0.05, 0.1) is 42.5 Å². The van der Waals surface area contributed by atoms with Crippen molar-refractivity contribution < 1.29 is 26.8 Å². The number of ether oxygens (including phenoxy) is 2. The number of anilines is 1. The van der Waals surface area contributed by atoms with Crippen LogP contribution < -0.4 is 4.31 Å². The zero-order valence-corrected chi connectivity index (χ0v) is 21.5. The first-order valence-electron chi connectivity index (χ1n) is 11.4. The van der Waals surface area contributed by atoms with E-state index in [1.165, 1.54) is 25.6 Å². The molecule has 0 saturated heterocycles. The molecule has 4 rings (SSSR count). The summed E-state index contributed by atoms with van der Waals surface area (Å²) in [4.78, 5) is 4.19. The van der Waals surface area contributed by atoms with E-state index in [0.717, 1.165) is 4.31 Å². The van der Waals surface area contributed by atoms with Gasteiger partial charge in [-0.2, -0.15) is 5.26 Å². The van der Waals surface area contributed by atoms with Crippen LogP contribution in [-0.4, -0.2) is 45.6 Å². The quantitative estimate of drug-likeness (QED) is 0.206. The standard InChI is InChI=1S/C26H26N4O6S/c1-18-19(2)29-36-26(18)30(17-34-15-14-33-3)37(31,32)24-7-5-4-6-23(24)22-9-8-21(16-20(22)10-11-27)25-28-12-13-35-25/h4-9,12-13,16H,10,14-15,17H2,1-3H3. The van der Waals surface area contributed by atoms with Gasteiger partial charge in [0, 0.05) is 23.8 Å². The van der Waals surface area contributed by atoms with E-state index in [9.17, 15) is 13.7 Å². The summed E-state index contributed by atoms with van der Waals surface area (Å²) in [6.45, 7) is 3.65. The molecular weight excluding hydrogens is 496 g/mol. The highest BCUT2D eigenvalue weighted by Crippen LogP contribution is 2.36. The van der Waals surface area contributed by atoms with E-state index in [2.05, 4.69) is 16.2 Å². The lowest BCUT2D eigenvalue weighted by Gasteiger charge is -2.23. The third kappa shape index (κ3) is 5.41. The molecule has 0 spiro atoms. The van der Waals surface area contributed by atoms with Crippen molar-refractivity contribution in [3.8, 4) is 28.7 Å². The molecular formula is C26H26N4O6S. The Morgan fingerprint density at radius 1 is 1.11 bits per heavy atom. The second kappa shape index (κ2) is 11.4. The molecule has 0 saturated carbocycles. The maximum absolute atomic E-state index is 14.1. The van der Waals surface area contributed by atoms with Gasteiger partial charge in [0.25, 0.3) is 10.0 Å². The van der Waals surface area contributed by atoms with Crippen molar-refractivity contribution in [3.63, 3.8) is 0 Å². The second-order valence-corrected chi connectivity index (χ2v) is 9.95. The molecule has 4 aromatic rings. The number of aryl methyl sites for hydroxylation is 1. The highest BCUT2D eigenvalue weighted by atomic mass is 32.2. The van der Waals surface area contributed by atoms with Crippen LogP contribution in [0.4, 0.5) is 5.88 Å². The number of benzene rings is 2. The molecule has 37 heavy (non-hydrogen) atoms. The van der Waals surface area contributed by atoms with Crippen LogP contribution in [0.15, 0.2) is 68.8 Å². The van der Waals surface area contributed by atoms with Crippen LogP contribution in [0, 0.1) is 25.2 Å². The SMILES string of the molecule is COCCOCN(c1onc(C)c1C)S(=O)(=O)c1ccccc1-c1ccc(-c2ncco2)cc1CC#N. The van der Waals surface area contributed by atoms with E-state index in [-0.39, 0.29) is 30.5 Å². The topological polar surface area (TPSA) is 132 Å². The van der Waals surface area contributed by atoms with Crippen molar-refractivity contribution in [1.29, 1.82) is 5.26 Å². The summed E-state index contributed by atoms with van der Waals surface area (Å²) in [5, 5.41) is 13.4. The largest absolute Gasteiger partial charge is 0.445 e. The Kier molecular flexibility index (Phi) is 8.03. The van der Waals surface area contributed by atoms with Crippen LogP contribution >= 0.6 is 0 Å². The molecule has 0 N–H and O–H groups in total. The molecule has 0 bridgehead atoms. The lowest BCUT2D eigenvalue weighted by Crippen LogP contribution is -2.34. The van der Waals surface area contributed by atoms with Crippen LogP contribution in [0.3, 0.4) is 0 Å². The highest BCUT2D eigenvalue weighted by molar-refractivity contribution is 7.93. The van der Waals surface area contributed by atoms with E-state index in [1.807, 2.05) is 0 Å². The van der Waals surface area contributed by atoms with E-state index < -0.39 is 10.0 Å². The molecule has 0 amide bonds. The Morgan fingerprint density at radius 3 is 2.59 bits per heavy atom. The summed E-state index contributed by atoms with van der Waals surface area (Å²) in [6.07, 6.45) is 3.06. The number of rotatable bonds is 11. The van der Waals surface area contributed by atoms with Crippen LogP contribution in [0.1, 0.15) is 16.8 Å². The van der Waals surface area contributed by atoms with Gasteiger partial charge in [-0.05, 0) is 43.2 Å². The zero-order chi connectivity index (χ0) is 26.4. The van der Waals surface area contributed by atoms with Gasteiger partial charge in [0.15, 0.2) is 0 Å². The van der Waals surface area contributed by atoms with E-state index in [4.69, 9.17) is 18.4 Å². The fourth-order valence-corrected chi connectivity index (χ4v) is 5.33. The van der Waals surface area contributed by atoms with E-state index in [0.29, 0.717) is 46.0 Å². The highest BCUT2D eigenvalue weighted by Gasteiger charge is 2.32. The monoisotopic (exact) mass is 522 g/mol. The lowest BCUT2D eigenvalue weighted by atomic mass is 9.96. The summed E-state index contributed by atoms with van der Waals surface area (Å²) in [5.41, 5.74) is 3.50. The summed E-state index contributed by atoms with van der Waals surface area (Å²) in [6, 6.07) is 14.1. The van der Waals surface area contributed by atoms with Gasteiger partial charge in [-0.1, -0.05) is 29.4 Å². The third-order valence-corrected chi connectivity index (χ3v) is 7.56. The maximum atomic E-state index is 14.1. The Labute approximate surface area is 215 Å². The van der Waals surface area contributed by atoms with Gasteiger partial charge in [-0.15, -0.1) is 0 Å². The van der Waals surface area contributed by atoms with Crippen molar-refractivity contribution in [2.75, 3.05) is 31.4 Å². The van der Waals surface area contributed by atoms with Crippen molar-refractivity contribution in [2.45, 2.75) is 25.2 Å². The smallest absolute Gasteiger partial charge is 0.269 e. The number of hydrogen-bond acceptors (Lipinski definition) is 9. The molecule has 0 aliphatic rings. The summed E-state index contributed by atoms with van der Waals surface area (Å²) in [7, 11) is -2.66. The molecule has 10 nitrogen and oxygen atoms in total. The Balaban J connectivity index is 1.82. The van der Waals surface area contributed by atoms with Gasteiger partial charge in [0.1, 0.15) is 13.0 Å². The average molecular weight is 523 g/mol. The van der Waals surface area contributed by atoms with E-state index >= 15 is 0 Å². The van der Waals surface area contributed by atoms with E-state index in [1.54, 1.807) is 50.2 Å². The normalized spacial score (nSPS) is 11.4. The fourth-order valence-electron chi connectivity index (χ4n) is 3.78. The van der Waals surface area contributed by atoms with Crippen LogP contribution in [0.5, 0.6) is 0 Å². The number of oxazole rings is 1. The van der Waals surface area contributed by atoms with Crippen molar-refractivity contribution in [2.24, 2.45) is 0 Å². The van der Waals surface area contributed by atoms with Crippen molar-refractivity contribution in [1.82, 2.24) is 10.1 Å². The fraction of sp³-hybridized carbons (Fsp3) is 0.269. The first-order chi connectivity index (χ1) is 17.9. The summed E-state index contributed by atoms with van der Waals surface area (Å²) < 4.78 is 50.7. The summed E-state index contributed by atoms with van der Waals surface area (Å²) in [5.74, 6) is 0.475. The molecule has 192 valence electrons. The molecule has 0 unspecified atom stereocenters. The Morgan fingerprint density at radius 2 is 1.92 bits per heavy atom. The predicted octanol–water partition coefficient (Wildman–Crippen LogP) is 4.50. The first kappa shape index (κ1) is 26.1. The molecule has 11 heteroatoms. The molecule has 2 aromatic heterocycles. The van der Waals surface area contributed by atoms with Gasteiger partial charge < -0.3 is 18.4 Å². The second-order valence-electron chi connectivity index (χ2n) is 8.12. The molecule has 0 fully saturated rings. The Bertz CT molecular complexity index is 1510. The first-order valence-corrected chi connectivity index (χ1v) is 12.8. The third-order valence-electron chi connectivity index (χ3n) is 5.80. The molecule has 2 heterocycles. The number of aromatic nitrogens is 2. The number of methoxy groups -OCH3 is 1. The molecule has 0 atom stereocenters. The molecule has 0 aliphatic carbocycles. The Hall–Kier alpha value is -3.98. The number of sulfonamides is 1. The van der Waals surface area contributed by atoms with Crippen LogP contribution in [0.25, 0.3) is 22.6 Å².